The van der Waals surface area contributed by atoms with Crippen molar-refractivity contribution in [3.05, 3.63) is 60.2 Å². The summed E-state index contributed by atoms with van der Waals surface area (Å²) in [6, 6.07) is 20.0. The van der Waals surface area contributed by atoms with Crippen molar-refractivity contribution >= 4 is 21.5 Å². The van der Waals surface area contributed by atoms with Crippen LogP contribution >= 0.6 is 0 Å². The largest absolute Gasteiger partial charge is 0.0628 e. The SMILES string of the molecule is CC(C)CCc1ccc2c(ccc3ccccc32)c1. The lowest BCUT2D eigenvalue weighted by Crippen LogP contribution is -1.92. The molecule has 3 rings (SSSR count). The third-order valence-electron chi connectivity index (χ3n) is 3.82. The summed E-state index contributed by atoms with van der Waals surface area (Å²) in [5.41, 5.74) is 1.46. The Morgan fingerprint density at radius 1 is 0.789 bits per heavy atom. The number of fused-ring (bicyclic) bond motifs is 3. The second-order valence-electron chi connectivity index (χ2n) is 5.77. The second kappa shape index (κ2) is 5.05. The zero-order valence-electron chi connectivity index (χ0n) is 11.7. The van der Waals surface area contributed by atoms with Crippen LogP contribution in [0.25, 0.3) is 21.5 Å². The van der Waals surface area contributed by atoms with Gasteiger partial charge in [-0.05, 0) is 45.9 Å². The van der Waals surface area contributed by atoms with Gasteiger partial charge in [0.25, 0.3) is 0 Å². The van der Waals surface area contributed by atoms with Crippen molar-refractivity contribution < 1.29 is 0 Å². The highest BCUT2D eigenvalue weighted by molar-refractivity contribution is 6.07. The van der Waals surface area contributed by atoms with Crippen LogP contribution < -0.4 is 0 Å². The number of benzene rings is 3. The van der Waals surface area contributed by atoms with Gasteiger partial charge in [-0.1, -0.05) is 68.4 Å². The summed E-state index contributed by atoms with van der Waals surface area (Å²) >= 11 is 0. The van der Waals surface area contributed by atoms with E-state index in [4.69, 9.17) is 0 Å². The molecule has 0 bridgehead atoms. The first-order valence-corrected chi connectivity index (χ1v) is 7.14. The Kier molecular flexibility index (Phi) is 3.25. The van der Waals surface area contributed by atoms with E-state index in [9.17, 15) is 0 Å². The molecule has 0 aliphatic heterocycles. The van der Waals surface area contributed by atoms with Crippen LogP contribution in [0.2, 0.25) is 0 Å². The van der Waals surface area contributed by atoms with Crippen LogP contribution in [-0.4, -0.2) is 0 Å². The highest BCUT2D eigenvalue weighted by Gasteiger charge is 2.02. The quantitative estimate of drug-likeness (QED) is 0.531. The van der Waals surface area contributed by atoms with Crippen molar-refractivity contribution in [2.24, 2.45) is 5.92 Å². The summed E-state index contributed by atoms with van der Waals surface area (Å²) in [5, 5.41) is 5.41. The van der Waals surface area contributed by atoms with E-state index in [0.717, 1.165) is 5.92 Å². The van der Waals surface area contributed by atoms with Gasteiger partial charge in [-0.3, -0.25) is 0 Å². The minimum atomic E-state index is 0.771. The first-order chi connectivity index (χ1) is 9.24. The summed E-state index contributed by atoms with van der Waals surface area (Å²) in [6.07, 6.45) is 2.44. The fourth-order valence-electron chi connectivity index (χ4n) is 2.67. The molecule has 3 aromatic rings. The van der Waals surface area contributed by atoms with Gasteiger partial charge >= 0.3 is 0 Å². The molecule has 0 heterocycles. The maximum atomic E-state index is 2.35. The molecule has 19 heavy (non-hydrogen) atoms. The predicted molar refractivity (Wildman–Crippen MR) is 84.6 cm³/mol. The summed E-state index contributed by atoms with van der Waals surface area (Å²) < 4.78 is 0. The van der Waals surface area contributed by atoms with E-state index in [1.165, 1.54) is 39.9 Å². The predicted octanol–water partition coefficient (Wildman–Crippen LogP) is 5.58. The molecule has 0 aliphatic rings. The smallest absolute Gasteiger partial charge is 0.0105 e. The van der Waals surface area contributed by atoms with Crippen LogP contribution in [0.3, 0.4) is 0 Å². The lowest BCUT2D eigenvalue weighted by Gasteiger charge is -2.08. The molecule has 0 fully saturated rings. The Morgan fingerprint density at radius 3 is 2.37 bits per heavy atom. The molecule has 0 nitrogen and oxygen atoms in total. The van der Waals surface area contributed by atoms with E-state index in [0.29, 0.717) is 0 Å². The lowest BCUT2D eigenvalue weighted by molar-refractivity contribution is 0.587. The highest BCUT2D eigenvalue weighted by atomic mass is 14.1. The summed E-state index contributed by atoms with van der Waals surface area (Å²) in [4.78, 5) is 0. The monoisotopic (exact) mass is 248 g/mol. The molecule has 0 saturated carbocycles. The highest BCUT2D eigenvalue weighted by Crippen LogP contribution is 2.26. The second-order valence-corrected chi connectivity index (χ2v) is 5.77. The summed E-state index contributed by atoms with van der Waals surface area (Å²) in [6.45, 7) is 4.57. The third-order valence-corrected chi connectivity index (χ3v) is 3.82. The molecular weight excluding hydrogens is 228 g/mol. The van der Waals surface area contributed by atoms with E-state index in [-0.39, 0.29) is 0 Å². The van der Waals surface area contributed by atoms with Crippen LogP contribution in [0.1, 0.15) is 25.8 Å². The maximum absolute atomic E-state index is 2.35. The average Bonchev–Trinajstić information content (AvgIpc) is 2.44. The van der Waals surface area contributed by atoms with Gasteiger partial charge < -0.3 is 0 Å². The molecule has 0 aromatic heterocycles. The van der Waals surface area contributed by atoms with Crippen molar-refractivity contribution in [1.82, 2.24) is 0 Å². The molecule has 0 radical (unpaired) electrons. The molecule has 0 atom stereocenters. The van der Waals surface area contributed by atoms with Crippen LogP contribution in [0.5, 0.6) is 0 Å². The third kappa shape index (κ3) is 2.49. The van der Waals surface area contributed by atoms with Crippen molar-refractivity contribution in [1.29, 1.82) is 0 Å². The summed E-state index contributed by atoms with van der Waals surface area (Å²) in [5.74, 6) is 0.771. The number of hydrogen-bond acceptors (Lipinski definition) is 0. The average molecular weight is 248 g/mol. The van der Waals surface area contributed by atoms with Gasteiger partial charge in [0, 0.05) is 0 Å². The van der Waals surface area contributed by atoms with Crippen LogP contribution in [0, 0.1) is 5.92 Å². The maximum Gasteiger partial charge on any atom is -0.0105 e. The Labute approximate surface area is 115 Å². The first kappa shape index (κ1) is 12.2. The molecule has 0 heteroatoms. The number of aryl methyl sites for hydroxylation is 1. The van der Waals surface area contributed by atoms with Crippen LogP contribution in [0.15, 0.2) is 54.6 Å². The molecule has 0 saturated heterocycles. The molecular formula is C19H20. The number of rotatable bonds is 3. The topological polar surface area (TPSA) is 0 Å². The normalized spacial score (nSPS) is 11.5. The zero-order chi connectivity index (χ0) is 13.2. The zero-order valence-corrected chi connectivity index (χ0v) is 11.7. The minimum absolute atomic E-state index is 0.771. The van der Waals surface area contributed by atoms with Gasteiger partial charge in [0.1, 0.15) is 0 Å². The molecule has 0 amide bonds. The van der Waals surface area contributed by atoms with E-state index in [1.807, 2.05) is 0 Å². The molecule has 0 aliphatic carbocycles. The molecule has 0 N–H and O–H groups in total. The summed E-state index contributed by atoms with van der Waals surface area (Å²) in [7, 11) is 0. The fraction of sp³-hybridized carbons (Fsp3) is 0.263. The Hall–Kier alpha value is -1.82. The molecule has 0 unspecified atom stereocenters. The Balaban J connectivity index is 2.07. The lowest BCUT2D eigenvalue weighted by atomic mass is 9.97. The standard InChI is InChI=1S/C19H20/c1-14(2)7-8-15-9-12-19-17(13-15)11-10-16-5-3-4-6-18(16)19/h3-6,9-14H,7-8H2,1-2H3. The van der Waals surface area contributed by atoms with Gasteiger partial charge in [0.15, 0.2) is 0 Å². The van der Waals surface area contributed by atoms with Gasteiger partial charge in [-0.25, -0.2) is 0 Å². The van der Waals surface area contributed by atoms with Gasteiger partial charge in [0.2, 0.25) is 0 Å². The fourth-order valence-corrected chi connectivity index (χ4v) is 2.67. The van der Waals surface area contributed by atoms with Gasteiger partial charge in [0.05, 0.1) is 0 Å². The minimum Gasteiger partial charge on any atom is -0.0628 e. The van der Waals surface area contributed by atoms with Crippen LogP contribution in [0.4, 0.5) is 0 Å². The van der Waals surface area contributed by atoms with Crippen molar-refractivity contribution in [3.8, 4) is 0 Å². The Morgan fingerprint density at radius 2 is 1.53 bits per heavy atom. The van der Waals surface area contributed by atoms with Crippen LogP contribution in [-0.2, 0) is 6.42 Å². The molecule has 96 valence electrons. The van der Waals surface area contributed by atoms with Crippen molar-refractivity contribution in [3.63, 3.8) is 0 Å². The van der Waals surface area contributed by atoms with E-state index >= 15 is 0 Å². The van der Waals surface area contributed by atoms with Crippen molar-refractivity contribution in [2.45, 2.75) is 26.7 Å². The van der Waals surface area contributed by atoms with Gasteiger partial charge in [-0.2, -0.15) is 0 Å². The molecule has 3 aromatic carbocycles. The first-order valence-electron chi connectivity index (χ1n) is 7.14. The van der Waals surface area contributed by atoms with E-state index in [2.05, 4.69) is 68.4 Å². The molecule has 0 spiro atoms. The van der Waals surface area contributed by atoms with Gasteiger partial charge in [-0.15, -0.1) is 0 Å². The van der Waals surface area contributed by atoms with E-state index in [1.54, 1.807) is 0 Å². The van der Waals surface area contributed by atoms with E-state index < -0.39 is 0 Å². The Bertz CT molecular complexity index is 707. The number of hydrogen-bond donors (Lipinski definition) is 0. The van der Waals surface area contributed by atoms with Crippen molar-refractivity contribution in [2.75, 3.05) is 0 Å².